The maximum Gasteiger partial charge on any atom is 0.211 e. The van der Waals surface area contributed by atoms with Crippen LogP contribution < -0.4 is 33.2 Å². The van der Waals surface area contributed by atoms with E-state index in [9.17, 15) is 0 Å². The molecule has 1 atom stereocenters. The number of hydrogen-bond acceptors (Lipinski definition) is 9. The third-order valence-electron chi connectivity index (χ3n) is 9.45. The van der Waals surface area contributed by atoms with Crippen molar-refractivity contribution in [1.29, 1.82) is 0 Å². The molecule has 244 valence electrons. The third-order valence-corrected chi connectivity index (χ3v) is 9.45. The van der Waals surface area contributed by atoms with E-state index < -0.39 is 0 Å². The SMILES string of the molecule is COc1cc2c3cc1Oc1c(OC)c(OC)cc4c1[C@@H](Cc1ccc(OC)c(c1OC)Oc1ccc(cc1)CC3=NCC2)N(C)CC4. The third kappa shape index (κ3) is 5.48. The number of methoxy groups -OCH3 is 5. The van der Waals surface area contributed by atoms with Crippen LogP contribution in [-0.4, -0.2) is 66.3 Å². The van der Waals surface area contributed by atoms with Crippen molar-refractivity contribution in [1.82, 2.24) is 4.90 Å². The van der Waals surface area contributed by atoms with E-state index in [0.717, 1.165) is 52.9 Å². The summed E-state index contributed by atoms with van der Waals surface area (Å²) in [4.78, 5) is 7.32. The van der Waals surface area contributed by atoms with Crippen LogP contribution in [0.1, 0.15) is 39.4 Å². The summed E-state index contributed by atoms with van der Waals surface area (Å²) in [7, 11) is 10.4. The van der Waals surface area contributed by atoms with Gasteiger partial charge in [-0.15, -0.1) is 0 Å². The molecule has 0 amide bonds. The zero-order valence-corrected chi connectivity index (χ0v) is 27.8. The Morgan fingerprint density at radius 3 is 2.17 bits per heavy atom. The van der Waals surface area contributed by atoms with Gasteiger partial charge in [0.15, 0.2) is 34.5 Å². The van der Waals surface area contributed by atoms with E-state index in [4.69, 9.17) is 38.2 Å². The molecule has 0 N–H and O–H groups in total. The Bertz CT molecular complexity index is 1850. The average molecular weight is 637 g/mol. The fraction of sp³-hybridized carbons (Fsp3) is 0.342. The summed E-state index contributed by atoms with van der Waals surface area (Å²) in [5.74, 6) is 5.43. The maximum absolute atomic E-state index is 6.98. The smallest absolute Gasteiger partial charge is 0.211 e. The molecule has 4 heterocycles. The van der Waals surface area contributed by atoms with E-state index in [1.807, 2.05) is 24.3 Å². The van der Waals surface area contributed by atoms with E-state index in [-0.39, 0.29) is 6.04 Å². The summed E-state index contributed by atoms with van der Waals surface area (Å²) in [5, 5.41) is 0. The molecule has 47 heavy (non-hydrogen) atoms. The van der Waals surface area contributed by atoms with Crippen LogP contribution in [0.4, 0.5) is 0 Å². The average Bonchev–Trinajstić information content (AvgIpc) is 3.09. The predicted molar refractivity (Wildman–Crippen MR) is 180 cm³/mol. The van der Waals surface area contributed by atoms with E-state index in [0.29, 0.717) is 71.1 Å². The van der Waals surface area contributed by atoms with Crippen LogP contribution in [-0.2, 0) is 25.7 Å². The van der Waals surface area contributed by atoms with Crippen LogP contribution in [0.2, 0.25) is 0 Å². The lowest BCUT2D eigenvalue weighted by atomic mass is 9.87. The summed E-state index contributed by atoms with van der Waals surface area (Å²) in [6.07, 6.45) is 2.91. The molecule has 0 unspecified atom stereocenters. The van der Waals surface area contributed by atoms with Gasteiger partial charge in [0.05, 0.1) is 35.5 Å². The van der Waals surface area contributed by atoms with Crippen molar-refractivity contribution in [3.8, 4) is 51.7 Å². The van der Waals surface area contributed by atoms with E-state index >= 15 is 0 Å². The number of likely N-dealkylation sites (N-methyl/N-ethyl adjacent to an activating group) is 1. The summed E-state index contributed by atoms with van der Waals surface area (Å²) < 4.78 is 43.1. The summed E-state index contributed by atoms with van der Waals surface area (Å²) in [6.45, 7) is 1.57. The topological polar surface area (TPSA) is 80.2 Å². The molecule has 0 radical (unpaired) electrons. The van der Waals surface area contributed by atoms with Gasteiger partial charge in [-0.25, -0.2) is 0 Å². The Morgan fingerprint density at radius 1 is 0.702 bits per heavy atom. The Balaban J connectivity index is 1.49. The number of benzene rings is 4. The van der Waals surface area contributed by atoms with Crippen molar-refractivity contribution in [2.75, 3.05) is 55.7 Å². The lowest BCUT2D eigenvalue weighted by Gasteiger charge is -2.37. The van der Waals surface area contributed by atoms with Gasteiger partial charge in [-0.3, -0.25) is 9.89 Å². The van der Waals surface area contributed by atoms with Gasteiger partial charge in [-0.1, -0.05) is 18.2 Å². The highest BCUT2D eigenvalue weighted by molar-refractivity contribution is 6.04. The molecular weight excluding hydrogens is 596 g/mol. The number of hydrogen-bond donors (Lipinski definition) is 0. The Labute approximate surface area is 275 Å². The number of rotatable bonds is 5. The molecule has 4 aromatic carbocycles. The normalized spacial score (nSPS) is 16.8. The van der Waals surface area contributed by atoms with Gasteiger partial charge in [0.2, 0.25) is 11.5 Å². The highest BCUT2D eigenvalue weighted by atomic mass is 16.6. The van der Waals surface area contributed by atoms with Crippen molar-refractivity contribution in [3.63, 3.8) is 0 Å². The molecule has 0 aromatic heterocycles. The second-order valence-electron chi connectivity index (χ2n) is 12.0. The molecule has 0 fully saturated rings. The standard InChI is InChI=1S/C38H40N2O7/c1-40-16-14-24-20-33(43-4)36(45-6)38-34(24)29(40)18-25-9-12-30(41-2)37(35(25)44-5)46-26-10-7-22(8-11-26)17-28-27-21-32(47-38)31(42-3)19-23(27)13-15-39-28/h7-12,19-21,29H,13-18H2,1-6H3/t29-/m1/s1. The van der Waals surface area contributed by atoms with Gasteiger partial charge in [-0.2, -0.15) is 0 Å². The molecule has 4 aliphatic heterocycles. The van der Waals surface area contributed by atoms with Crippen LogP contribution in [0.5, 0.6) is 51.7 Å². The summed E-state index contributed by atoms with van der Waals surface area (Å²) in [5.41, 5.74) is 7.50. The molecule has 9 nitrogen and oxygen atoms in total. The molecule has 9 heteroatoms. The van der Waals surface area contributed by atoms with Gasteiger partial charge in [0.25, 0.3) is 0 Å². The largest absolute Gasteiger partial charge is 0.493 e. The number of aliphatic imine (C=N–C) groups is 1. The van der Waals surface area contributed by atoms with Gasteiger partial charge in [0.1, 0.15) is 5.75 Å². The fourth-order valence-electron chi connectivity index (χ4n) is 7.03. The molecule has 6 bridgehead atoms. The minimum Gasteiger partial charge on any atom is -0.493 e. The van der Waals surface area contributed by atoms with Crippen molar-refractivity contribution >= 4 is 5.71 Å². The Hall–Kier alpha value is -4.89. The van der Waals surface area contributed by atoms with E-state index in [1.54, 1.807) is 35.5 Å². The van der Waals surface area contributed by atoms with Gasteiger partial charge < -0.3 is 33.2 Å². The fourth-order valence-corrected chi connectivity index (χ4v) is 7.03. The first kappa shape index (κ1) is 30.7. The lowest BCUT2D eigenvalue weighted by molar-refractivity contribution is 0.219. The minimum absolute atomic E-state index is 0.0948. The van der Waals surface area contributed by atoms with Crippen molar-refractivity contribution in [3.05, 3.63) is 88.0 Å². The number of fused-ring (bicyclic) bond motifs is 2. The summed E-state index contributed by atoms with van der Waals surface area (Å²) >= 11 is 0. The molecule has 4 aromatic rings. The van der Waals surface area contributed by atoms with Crippen molar-refractivity contribution < 1.29 is 33.2 Å². The molecule has 0 spiro atoms. The monoisotopic (exact) mass is 636 g/mol. The lowest BCUT2D eigenvalue weighted by Crippen LogP contribution is -2.34. The Morgan fingerprint density at radius 2 is 1.45 bits per heavy atom. The highest BCUT2D eigenvalue weighted by Gasteiger charge is 2.35. The molecular formula is C38H40N2O7. The van der Waals surface area contributed by atoms with Gasteiger partial charge >= 0.3 is 0 Å². The first-order valence-corrected chi connectivity index (χ1v) is 15.9. The first-order chi connectivity index (χ1) is 23.0. The van der Waals surface area contributed by atoms with Crippen LogP contribution in [0.25, 0.3) is 0 Å². The predicted octanol–water partition coefficient (Wildman–Crippen LogP) is 6.99. The molecule has 0 aliphatic carbocycles. The second-order valence-corrected chi connectivity index (χ2v) is 12.0. The van der Waals surface area contributed by atoms with Crippen molar-refractivity contribution in [2.24, 2.45) is 4.99 Å². The molecule has 0 saturated carbocycles. The number of ether oxygens (including phenoxy) is 7. The molecule has 0 saturated heterocycles. The maximum atomic E-state index is 6.98. The van der Waals surface area contributed by atoms with Gasteiger partial charge in [-0.05, 0) is 79.4 Å². The zero-order valence-electron chi connectivity index (χ0n) is 27.8. The quantitative estimate of drug-likeness (QED) is 0.232. The number of nitrogens with zero attached hydrogens (tertiary/aromatic N) is 2. The Kier molecular flexibility index (Phi) is 8.32. The van der Waals surface area contributed by atoms with Crippen LogP contribution in [0, 0.1) is 0 Å². The zero-order chi connectivity index (χ0) is 32.7. The first-order valence-electron chi connectivity index (χ1n) is 15.9. The van der Waals surface area contributed by atoms with Crippen LogP contribution in [0.3, 0.4) is 0 Å². The van der Waals surface area contributed by atoms with Crippen LogP contribution in [0.15, 0.2) is 59.6 Å². The molecule has 8 rings (SSSR count). The minimum atomic E-state index is -0.0948. The summed E-state index contributed by atoms with van der Waals surface area (Å²) in [6, 6.07) is 18.2. The van der Waals surface area contributed by atoms with Crippen molar-refractivity contribution in [2.45, 2.75) is 31.7 Å². The molecule has 4 aliphatic rings. The second kappa shape index (κ2) is 12.7. The highest BCUT2D eigenvalue weighted by Crippen LogP contribution is 2.52. The van der Waals surface area contributed by atoms with E-state index in [1.165, 1.54) is 5.56 Å². The van der Waals surface area contributed by atoms with Crippen LogP contribution >= 0.6 is 0 Å². The van der Waals surface area contributed by atoms with E-state index in [2.05, 4.69) is 42.3 Å². The van der Waals surface area contributed by atoms with Gasteiger partial charge in [0, 0.05) is 48.0 Å².